The van der Waals surface area contributed by atoms with Gasteiger partial charge in [0.2, 0.25) is 5.91 Å². The van der Waals surface area contributed by atoms with Crippen molar-refractivity contribution < 1.29 is 9.59 Å². The van der Waals surface area contributed by atoms with Gasteiger partial charge in [-0.1, -0.05) is 36.8 Å². The maximum Gasteiger partial charge on any atom is 0.326 e. The van der Waals surface area contributed by atoms with E-state index in [-0.39, 0.29) is 11.9 Å². The quantitative estimate of drug-likeness (QED) is 0.609. The number of hydrogen-bond acceptors (Lipinski definition) is 3. The van der Waals surface area contributed by atoms with Gasteiger partial charge in [-0.2, -0.15) is 0 Å². The molecule has 6 nitrogen and oxygen atoms in total. The molecule has 2 heterocycles. The molecule has 0 radical (unpaired) electrons. The smallest absolute Gasteiger partial charge is 0.326 e. The van der Waals surface area contributed by atoms with Gasteiger partial charge in [0.15, 0.2) is 0 Å². The number of rotatable bonds is 7. The number of carbonyl (C=O) groups excluding carboxylic acids is 2. The lowest BCUT2D eigenvalue weighted by Crippen LogP contribution is -2.35. The van der Waals surface area contributed by atoms with Gasteiger partial charge in [0, 0.05) is 24.5 Å². The second-order valence-electron chi connectivity index (χ2n) is 9.15. The van der Waals surface area contributed by atoms with Crippen LogP contribution in [-0.2, 0) is 17.6 Å². The minimum Gasteiger partial charge on any atom is -0.356 e. The number of fused-ring (bicyclic) bond motifs is 1. The molecule has 4 rings (SSSR count). The van der Waals surface area contributed by atoms with Gasteiger partial charge in [-0.05, 0) is 87.5 Å². The summed E-state index contributed by atoms with van der Waals surface area (Å²) >= 11 is 0. The summed E-state index contributed by atoms with van der Waals surface area (Å²) in [6.45, 7) is 4.90. The van der Waals surface area contributed by atoms with Crippen molar-refractivity contribution in [3.05, 3.63) is 59.7 Å². The molecule has 3 amide bonds. The number of carbonyl (C=O) groups is 2. The van der Waals surface area contributed by atoms with Crippen molar-refractivity contribution in [1.29, 1.82) is 0 Å². The molecule has 2 aliphatic heterocycles. The van der Waals surface area contributed by atoms with E-state index in [9.17, 15) is 9.59 Å². The Kier molecular flexibility index (Phi) is 8.36. The predicted molar refractivity (Wildman–Crippen MR) is 134 cm³/mol. The van der Waals surface area contributed by atoms with Crippen LogP contribution in [0, 0.1) is 0 Å². The topological polar surface area (TPSA) is 64.7 Å². The molecule has 33 heavy (non-hydrogen) atoms. The fraction of sp³-hybridized carbons (Fsp3) is 0.481. The van der Waals surface area contributed by atoms with E-state index in [1.807, 2.05) is 47.4 Å². The van der Waals surface area contributed by atoms with Crippen molar-refractivity contribution in [3.63, 3.8) is 0 Å². The average Bonchev–Trinajstić information content (AvgIpc) is 3.06. The van der Waals surface area contributed by atoms with Crippen LogP contribution in [0.1, 0.15) is 49.7 Å². The molecular formula is C27H36N4O2. The van der Waals surface area contributed by atoms with Crippen LogP contribution in [0.4, 0.5) is 16.2 Å². The second kappa shape index (κ2) is 11.8. The number of urea groups is 1. The average molecular weight is 449 g/mol. The Bertz CT molecular complexity index is 922. The van der Waals surface area contributed by atoms with Gasteiger partial charge in [0.05, 0.1) is 6.42 Å². The second-order valence-corrected chi connectivity index (χ2v) is 9.15. The lowest BCUT2D eigenvalue weighted by molar-refractivity contribution is -0.120. The Morgan fingerprint density at radius 1 is 0.848 bits per heavy atom. The molecule has 1 fully saturated rings. The summed E-state index contributed by atoms with van der Waals surface area (Å²) in [5, 5.41) is 6.05. The number of hydrogen-bond donors (Lipinski definition) is 2. The predicted octanol–water partition coefficient (Wildman–Crippen LogP) is 4.60. The Balaban J connectivity index is 1.23. The van der Waals surface area contributed by atoms with Crippen LogP contribution in [0.2, 0.25) is 0 Å². The van der Waals surface area contributed by atoms with Crippen LogP contribution in [0.25, 0.3) is 0 Å². The van der Waals surface area contributed by atoms with Gasteiger partial charge >= 0.3 is 6.03 Å². The first-order valence-corrected chi connectivity index (χ1v) is 12.4. The molecule has 0 aromatic heterocycles. The van der Waals surface area contributed by atoms with E-state index in [4.69, 9.17) is 0 Å². The van der Waals surface area contributed by atoms with Crippen LogP contribution in [0.3, 0.4) is 0 Å². The summed E-state index contributed by atoms with van der Waals surface area (Å²) in [5.41, 5.74) is 3.91. The number of anilines is 2. The number of aryl methyl sites for hydroxylation is 1. The summed E-state index contributed by atoms with van der Waals surface area (Å²) in [7, 11) is 0. The van der Waals surface area contributed by atoms with Crippen molar-refractivity contribution in [2.75, 3.05) is 42.9 Å². The first kappa shape index (κ1) is 23.3. The van der Waals surface area contributed by atoms with Crippen molar-refractivity contribution >= 4 is 23.3 Å². The van der Waals surface area contributed by atoms with E-state index in [1.54, 1.807) is 0 Å². The molecule has 2 aliphatic rings. The lowest BCUT2D eigenvalue weighted by Gasteiger charge is -2.26. The number of benzene rings is 2. The Morgan fingerprint density at radius 3 is 2.42 bits per heavy atom. The minimum absolute atomic E-state index is 0.0478. The summed E-state index contributed by atoms with van der Waals surface area (Å²) in [4.78, 5) is 29.6. The zero-order valence-electron chi connectivity index (χ0n) is 19.5. The highest BCUT2D eigenvalue weighted by Crippen LogP contribution is 2.26. The number of piperidine rings is 1. The van der Waals surface area contributed by atoms with Gasteiger partial charge < -0.3 is 15.5 Å². The number of amides is 3. The highest BCUT2D eigenvalue weighted by atomic mass is 16.2. The standard InChI is InChI=1S/C27H36N4O2/c32-26(28-16-8-19-30-17-5-1-6-18-30)21-22-12-14-24(15-13-22)29-27(33)31-20-7-4-10-23-9-2-3-11-25(23)31/h2-3,9,11-15H,1,4-8,10,16-21H2,(H,28,32)(H,29,33). The third kappa shape index (κ3) is 6.81. The maximum absolute atomic E-state index is 13.0. The fourth-order valence-electron chi connectivity index (χ4n) is 4.76. The minimum atomic E-state index is -0.108. The third-order valence-electron chi connectivity index (χ3n) is 6.60. The van der Waals surface area contributed by atoms with Crippen molar-refractivity contribution in [2.24, 2.45) is 0 Å². The molecular weight excluding hydrogens is 412 g/mol. The van der Waals surface area contributed by atoms with E-state index in [0.717, 1.165) is 62.3 Å². The van der Waals surface area contributed by atoms with Crippen LogP contribution in [0.15, 0.2) is 48.5 Å². The molecule has 0 unspecified atom stereocenters. The van der Waals surface area contributed by atoms with Crippen molar-refractivity contribution in [1.82, 2.24) is 10.2 Å². The van der Waals surface area contributed by atoms with Gasteiger partial charge in [-0.15, -0.1) is 0 Å². The maximum atomic E-state index is 13.0. The van der Waals surface area contributed by atoms with E-state index >= 15 is 0 Å². The van der Waals surface area contributed by atoms with Crippen molar-refractivity contribution in [3.8, 4) is 0 Å². The summed E-state index contributed by atoms with van der Waals surface area (Å²) in [6.07, 6.45) is 8.40. The number of nitrogens with zero attached hydrogens (tertiary/aromatic N) is 2. The van der Waals surface area contributed by atoms with E-state index in [1.165, 1.54) is 37.9 Å². The first-order chi connectivity index (χ1) is 16.2. The monoisotopic (exact) mass is 448 g/mol. The molecule has 1 saturated heterocycles. The number of para-hydroxylation sites is 1. The molecule has 2 aromatic carbocycles. The Hall–Kier alpha value is -2.86. The highest BCUT2D eigenvalue weighted by Gasteiger charge is 2.21. The van der Waals surface area contributed by atoms with Crippen LogP contribution in [0.5, 0.6) is 0 Å². The van der Waals surface area contributed by atoms with E-state index in [2.05, 4.69) is 21.6 Å². The third-order valence-corrected chi connectivity index (χ3v) is 6.60. The Morgan fingerprint density at radius 2 is 1.61 bits per heavy atom. The molecule has 0 atom stereocenters. The lowest BCUT2D eigenvalue weighted by atomic mass is 10.1. The molecule has 0 bridgehead atoms. The molecule has 0 saturated carbocycles. The van der Waals surface area contributed by atoms with Gasteiger partial charge in [-0.3, -0.25) is 9.69 Å². The molecule has 6 heteroatoms. The molecule has 2 N–H and O–H groups in total. The van der Waals surface area contributed by atoms with Gasteiger partial charge in [-0.25, -0.2) is 4.79 Å². The molecule has 0 aliphatic carbocycles. The Labute approximate surface area is 197 Å². The highest BCUT2D eigenvalue weighted by molar-refractivity contribution is 6.02. The zero-order chi connectivity index (χ0) is 22.9. The van der Waals surface area contributed by atoms with Gasteiger partial charge in [0.1, 0.15) is 0 Å². The summed E-state index contributed by atoms with van der Waals surface area (Å²) < 4.78 is 0. The van der Waals surface area contributed by atoms with Crippen molar-refractivity contribution in [2.45, 2.75) is 51.4 Å². The molecule has 176 valence electrons. The normalized spacial score (nSPS) is 16.5. The van der Waals surface area contributed by atoms with Crippen LogP contribution >= 0.6 is 0 Å². The first-order valence-electron chi connectivity index (χ1n) is 12.4. The SMILES string of the molecule is O=C(Cc1ccc(NC(=O)N2CCCCc3ccccc32)cc1)NCCCN1CCCCC1. The van der Waals surface area contributed by atoms with Gasteiger partial charge in [0.25, 0.3) is 0 Å². The number of nitrogens with one attached hydrogen (secondary N) is 2. The molecule has 2 aromatic rings. The van der Waals surface area contributed by atoms with Crippen LogP contribution < -0.4 is 15.5 Å². The molecule has 0 spiro atoms. The zero-order valence-corrected chi connectivity index (χ0v) is 19.5. The van der Waals surface area contributed by atoms with E-state index in [0.29, 0.717) is 6.42 Å². The van der Waals surface area contributed by atoms with Crippen LogP contribution in [-0.4, -0.2) is 49.6 Å². The number of likely N-dealkylation sites (tertiary alicyclic amines) is 1. The van der Waals surface area contributed by atoms with E-state index < -0.39 is 0 Å². The fourth-order valence-corrected chi connectivity index (χ4v) is 4.76. The summed E-state index contributed by atoms with van der Waals surface area (Å²) in [5.74, 6) is 0.0478. The summed E-state index contributed by atoms with van der Waals surface area (Å²) in [6, 6.07) is 15.6. The largest absolute Gasteiger partial charge is 0.356 e.